The molecule has 0 radical (unpaired) electrons. The monoisotopic (exact) mass is 157 g/mol. The summed E-state index contributed by atoms with van der Waals surface area (Å²) in [6.07, 6.45) is 5.79. The Morgan fingerprint density at radius 2 is 1.82 bits per heavy atom. The van der Waals surface area contributed by atoms with Crippen LogP contribution < -0.4 is 5.73 Å². The Morgan fingerprint density at radius 1 is 1.27 bits per heavy atom. The van der Waals surface area contributed by atoms with E-state index < -0.39 is 0 Å². The van der Waals surface area contributed by atoms with E-state index in [1.54, 1.807) is 0 Å². The Labute approximate surface area is 71.4 Å². The van der Waals surface area contributed by atoms with E-state index in [-0.39, 0.29) is 0 Å². The Balaban J connectivity index is 0.000000461. The lowest BCUT2D eigenvalue weighted by molar-refractivity contribution is 0.191. The second-order valence-electron chi connectivity index (χ2n) is 4.37. The maximum Gasteiger partial charge on any atom is -0.0195 e. The van der Waals surface area contributed by atoms with Gasteiger partial charge in [0.1, 0.15) is 0 Å². The lowest BCUT2D eigenvalue weighted by Crippen LogP contribution is -2.20. The molecule has 0 aromatic carbocycles. The van der Waals surface area contributed by atoms with E-state index in [2.05, 4.69) is 26.5 Å². The first-order chi connectivity index (χ1) is 5.10. The van der Waals surface area contributed by atoms with Gasteiger partial charge in [-0.05, 0) is 31.2 Å². The van der Waals surface area contributed by atoms with Crippen LogP contribution in [0.4, 0.5) is 0 Å². The fourth-order valence-electron chi connectivity index (χ4n) is 2.08. The second-order valence-corrected chi connectivity index (χ2v) is 4.37. The molecule has 2 N–H and O–H groups in total. The Kier molecular flexibility index (Phi) is 4.74. The van der Waals surface area contributed by atoms with Crippen molar-refractivity contribution in [1.82, 2.24) is 0 Å². The summed E-state index contributed by atoms with van der Waals surface area (Å²) in [5, 5.41) is 0. The SMILES string of the molecule is CC1CCCC(C)(C)C1.CN. The molecule has 0 spiro atoms. The summed E-state index contributed by atoms with van der Waals surface area (Å²) in [6.45, 7) is 7.16. The summed E-state index contributed by atoms with van der Waals surface area (Å²) < 4.78 is 0. The van der Waals surface area contributed by atoms with Crippen molar-refractivity contribution in [1.29, 1.82) is 0 Å². The summed E-state index contributed by atoms with van der Waals surface area (Å²) in [5.74, 6) is 0.980. The Hall–Kier alpha value is -0.0400. The fraction of sp³-hybridized carbons (Fsp3) is 1.00. The standard InChI is InChI=1S/C9H18.CH5N/c1-8-5-4-6-9(2,3)7-8;1-2/h8H,4-7H2,1-3H3;2H2,1H3. The zero-order valence-electron chi connectivity index (χ0n) is 8.48. The normalized spacial score (nSPS) is 28.6. The van der Waals surface area contributed by atoms with Crippen LogP contribution >= 0.6 is 0 Å². The molecule has 0 amide bonds. The molecule has 1 nitrogen and oxygen atoms in total. The topological polar surface area (TPSA) is 26.0 Å². The molecule has 0 aliphatic heterocycles. The minimum Gasteiger partial charge on any atom is -0.333 e. The minimum atomic E-state index is 0.650. The molecule has 1 rings (SSSR count). The molecule has 0 aromatic heterocycles. The Morgan fingerprint density at radius 3 is 2.09 bits per heavy atom. The van der Waals surface area contributed by atoms with Crippen molar-refractivity contribution >= 4 is 0 Å². The number of hydrogen-bond donors (Lipinski definition) is 1. The van der Waals surface area contributed by atoms with Crippen LogP contribution in [-0.4, -0.2) is 7.05 Å². The molecule has 11 heavy (non-hydrogen) atoms. The molecule has 0 aromatic rings. The van der Waals surface area contributed by atoms with Crippen LogP contribution in [0.5, 0.6) is 0 Å². The maximum atomic E-state index is 4.50. The van der Waals surface area contributed by atoms with Crippen molar-refractivity contribution in [3.05, 3.63) is 0 Å². The molecule has 68 valence electrons. The first-order valence-corrected chi connectivity index (χ1v) is 4.68. The smallest absolute Gasteiger partial charge is 0.0195 e. The summed E-state index contributed by atoms with van der Waals surface area (Å²) in [6, 6.07) is 0. The molecule has 1 unspecified atom stereocenters. The molecule has 1 saturated carbocycles. The highest BCUT2D eigenvalue weighted by atomic mass is 14.4. The predicted molar refractivity (Wildman–Crippen MR) is 51.5 cm³/mol. The van der Waals surface area contributed by atoms with Crippen LogP contribution in [0.1, 0.15) is 46.5 Å². The fourth-order valence-corrected chi connectivity index (χ4v) is 2.08. The Bertz CT molecular complexity index is 97.0. The van der Waals surface area contributed by atoms with Crippen LogP contribution in [0.3, 0.4) is 0 Å². The van der Waals surface area contributed by atoms with E-state index in [4.69, 9.17) is 0 Å². The van der Waals surface area contributed by atoms with E-state index in [9.17, 15) is 0 Å². The second kappa shape index (κ2) is 4.76. The highest BCUT2D eigenvalue weighted by molar-refractivity contribution is 4.76. The van der Waals surface area contributed by atoms with Gasteiger partial charge in [0.05, 0.1) is 0 Å². The molecule has 1 aliphatic rings. The van der Waals surface area contributed by atoms with Gasteiger partial charge in [-0.2, -0.15) is 0 Å². The van der Waals surface area contributed by atoms with Crippen molar-refractivity contribution in [3.63, 3.8) is 0 Å². The van der Waals surface area contributed by atoms with Crippen LogP contribution in [0, 0.1) is 11.3 Å². The van der Waals surface area contributed by atoms with Gasteiger partial charge in [-0.25, -0.2) is 0 Å². The van der Waals surface area contributed by atoms with Crippen molar-refractivity contribution < 1.29 is 0 Å². The zero-order valence-corrected chi connectivity index (χ0v) is 8.48. The highest BCUT2D eigenvalue weighted by Crippen LogP contribution is 2.37. The first-order valence-electron chi connectivity index (χ1n) is 4.68. The largest absolute Gasteiger partial charge is 0.333 e. The molecular weight excluding hydrogens is 134 g/mol. The van der Waals surface area contributed by atoms with Gasteiger partial charge in [-0.1, -0.05) is 33.6 Å². The average molecular weight is 157 g/mol. The first kappa shape index (κ1) is 11.0. The van der Waals surface area contributed by atoms with Crippen LogP contribution in [0.2, 0.25) is 0 Å². The third-order valence-corrected chi connectivity index (χ3v) is 2.45. The van der Waals surface area contributed by atoms with Crippen molar-refractivity contribution in [2.45, 2.75) is 46.5 Å². The summed E-state index contributed by atoms with van der Waals surface area (Å²) in [4.78, 5) is 0. The third kappa shape index (κ3) is 4.41. The lowest BCUT2D eigenvalue weighted by Gasteiger charge is -2.33. The number of nitrogens with two attached hydrogens (primary N) is 1. The van der Waals surface area contributed by atoms with E-state index in [1.807, 2.05) is 0 Å². The third-order valence-electron chi connectivity index (χ3n) is 2.45. The predicted octanol–water partition coefficient (Wildman–Crippen LogP) is 2.80. The van der Waals surface area contributed by atoms with Crippen molar-refractivity contribution in [3.8, 4) is 0 Å². The van der Waals surface area contributed by atoms with E-state index in [1.165, 1.54) is 32.7 Å². The zero-order chi connectivity index (χ0) is 8.91. The molecule has 0 heterocycles. The van der Waals surface area contributed by atoms with E-state index in [0.717, 1.165) is 5.92 Å². The van der Waals surface area contributed by atoms with E-state index >= 15 is 0 Å². The summed E-state index contributed by atoms with van der Waals surface area (Å²) in [5.41, 5.74) is 5.15. The summed E-state index contributed by atoms with van der Waals surface area (Å²) >= 11 is 0. The van der Waals surface area contributed by atoms with Crippen LogP contribution in [-0.2, 0) is 0 Å². The molecule has 1 aliphatic carbocycles. The molecule has 1 heteroatoms. The van der Waals surface area contributed by atoms with E-state index in [0.29, 0.717) is 5.41 Å². The van der Waals surface area contributed by atoms with Crippen molar-refractivity contribution in [2.24, 2.45) is 17.1 Å². The van der Waals surface area contributed by atoms with Crippen LogP contribution in [0.25, 0.3) is 0 Å². The van der Waals surface area contributed by atoms with Gasteiger partial charge in [-0.15, -0.1) is 0 Å². The molecule has 1 atom stereocenters. The van der Waals surface area contributed by atoms with Gasteiger partial charge in [0.25, 0.3) is 0 Å². The molecule has 1 fully saturated rings. The quantitative estimate of drug-likeness (QED) is 0.575. The van der Waals surface area contributed by atoms with Gasteiger partial charge >= 0.3 is 0 Å². The van der Waals surface area contributed by atoms with Gasteiger partial charge in [0, 0.05) is 0 Å². The molecular formula is C10H23N. The average Bonchev–Trinajstić information content (AvgIpc) is 1.89. The van der Waals surface area contributed by atoms with Gasteiger partial charge in [0.2, 0.25) is 0 Å². The number of hydrogen-bond acceptors (Lipinski definition) is 1. The van der Waals surface area contributed by atoms with Gasteiger partial charge in [0.15, 0.2) is 0 Å². The number of rotatable bonds is 0. The van der Waals surface area contributed by atoms with Crippen LogP contribution in [0.15, 0.2) is 0 Å². The minimum absolute atomic E-state index is 0.650. The lowest BCUT2D eigenvalue weighted by atomic mass is 9.73. The maximum absolute atomic E-state index is 4.50. The van der Waals surface area contributed by atoms with Gasteiger partial charge in [-0.3, -0.25) is 0 Å². The molecule has 0 bridgehead atoms. The van der Waals surface area contributed by atoms with Crippen molar-refractivity contribution in [2.75, 3.05) is 7.05 Å². The molecule has 0 saturated heterocycles. The highest BCUT2D eigenvalue weighted by Gasteiger charge is 2.24. The van der Waals surface area contributed by atoms with Gasteiger partial charge < -0.3 is 5.73 Å². The summed E-state index contributed by atoms with van der Waals surface area (Å²) in [7, 11) is 1.50.